The van der Waals surface area contributed by atoms with Crippen LogP contribution in [0.3, 0.4) is 0 Å². The van der Waals surface area contributed by atoms with E-state index >= 15 is 0 Å². The first-order valence-electron chi connectivity index (χ1n) is 6.10. The molecule has 1 aromatic rings. The Kier molecular flexibility index (Phi) is 3.13. The minimum absolute atomic E-state index is 0.459. The normalized spacial score (nSPS) is 24.1. The number of anilines is 1. The van der Waals surface area contributed by atoms with Crippen LogP contribution in [0.5, 0.6) is 0 Å². The third kappa shape index (κ3) is 2.94. The number of nitrogens with zero attached hydrogens (tertiary/aromatic N) is 2. The number of rotatable bonds is 2. The lowest BCUT2D eigenvalue weighted by Crippen LogP contribution is -2.32. The van der Waals surface area contributed by atoms with Crippen LogP contribution >= 0.6 is 0 Å². The second kappa shape index (κ2) is 4.40. The highest BCUT2D eigenvalue weighted by atomic mass is 15.1. The van der Waals surface area contributed by atoms with Gasteiger partial charge in [0.2, 0.25) is 5.95 Å². The van der Waals surface area contributed by atoms with Gasteiger partial charge < -0.3 is 5.32 Å². The molecule has 1 aliphatic carbocycles. The van der Waals surface area contributed by atoms with Crippen LogP contribution in [-0.4, -0.2) is 16.0 Å². The Morgan fingerprint density at radius 3 is 2.62 bits per heavy atom. The molecule has 16 heavy (non-hydrogen) atoms. The van der Waals surface area contributed by atoms with Gasteiger partial charge in [-0.3, -0.25) is 0 Å². The average molecular weight is 219 g/mol. The summed E-state index contributed by atoms with van der Waals surface area (Å²) < 4.78 is 0. The van der Waals surface area contributed by atoms with Crippen LogP contribution in [0.4, 0.5) is 5.95 Å². The lowest BCUT2D eigenvalue weighted by Gasteiger charge is -2.35. The van der Waals surface area contributed by atoms with Gasteiger partial charge >= 0.3 is 0 Å². The molecule has 1 heterocycles. The van der Waals surface area contributed by atoms with Crippen LogP contribution in [-0.2, 0) is 0 Å². The summed E-state index contributed by atoms with van der Waals surface area (Å²) in [5.74, 6) is 0.772. The van der Waals surface area contributed by atoms with Gasteiger partial charge in [0.05, 0.1) is 0 Å². The van der Waals surface area contributed by atoms with E-state index in [1.807, 2.05) is 19.3 Å². The number of hydrogen-bond donors (Lipinski definition) is 1. The van der Waals surface area contributed by atoms with E-state index in [0.717, 1.165) is 11.5 Å². The zero-order valence-corrected chi connectivity index (χ0v) is 10.5. The van der Waals surface area contributed by atoms with Crippen molar-refractivity contribution in [3.8, 4) is 0 Å². The molecule has 1 saturated carbocycles. The molecular weight excluding hydrogens is 198 g/mol. The smallest absolute Gasteiger partial charge is 0.222 e. The topological polar surface area (TPSA) is 37.8 Å². The third-order valence-corrected chi connectivity index (χ3v) is 3.32. The Hall–Kier alpha value is -1.12. The van der Waals surface area contributed by atoms with Crippen molar-refractivity contribution in [2.24, 2.45) is 5.41 Å². The summed E-state index contributed by atoms with van der Waals surface area (Å²) in [4.78, 5) is 8.60. The first-order chi connectivity index (χ1) is 7.55. The van der Waals surface area contributed by atoms with Gasteiger partial charge in [0.25, 0.3) is 0 Å². The van der Waals surface area contributed by atoms with Crippen molar-refractivity contribution in [2.75, 3.05) is 5.32 Å². The maximum atomic E-state index is 4.30. The Morgan fingerprint density at radius 2 is 2.00 bits per heavy atom. The number of nitrogens with one attached hydrogen (secondary N) is 1. The molecule has 1 unspecified atom stereocenters. The Labute approximate surface area is 97.7 Å². The molecule has 0 radical (unpaired) electrons. The van der Waals surface area contributed by atoms with Crippen LogP contribution in [0.1, 0.15) is 45.1 Å². The maximum absolute atomic E-state index is 4.30. The maximum Gasteiger partial charge on any atom is 0.222 e. The molecular formula is C13H21N3. The fourth-order valence-corrected chi connectivity index (χ4v) is 2.47. The zero-order chi connectivity index (χ0) is 11.6. The summed E-state index contributed by atoms with van der Waals surface area (Å²) in [7, 11) is 0. The summed E-state index contributed by atoms with van der Waals surface area (Å²) >= 11 is 0. The molecule has 1 fully saturated rings. The predicted octanol–water partition coefficient (Wildman–Crippen LogP) is 3.17. The van der Waals surface area contributed by atoms with E-state index in [1.165, 1.54) is 25.7 Å². The average Bonchev–Trinajstić information content (AvgIpc) is 2.20. The summed E-state index contributed by atoms with van der Waals surface area (Å²) in [5, 5.41) is 3.44. The molecule has 88 valence electrons. The van der Waals surface area contributed by atoms with Crippen molar-refractivity contribution in [1.82, 2.24) is 9.97 Å². The first-order valence-corrected chi connectivity index (χ1v) is 6.10. The van der Waals surface area contributed by atoms with Crippen molar-refractivity contribution >= 4 is 5.95 Å². The summed E-state index contributed by atoms with van der Waals surface area (Å²) in [6.45, 7) is 6.70. The fraction of sp³-hybridized carbons (Fsp3) is 0.692. The highest BCUT2D eigenvalue weighted by Gasteiger charge is 2.28. The van der Waals surface area contributed by atoms with Gasteiger partial charge in [0, 0.05) is 18.4 Å². The SMILES string of the molecule is Cc1cnc(NC2CCCC(C)(C)C2)nc1. The predicted molar refractivity (Wildman–Crippen MR) is 66.4 cm³/mol. The van der Waals surface area contributed by atoms with E-state index in [0.29, 0.717) is 11.5 Å². The van der Waals surface area contributed by atoms with E-state index in [2.05, 4.69) is 29.1 Å². The lowest BCUT2D eigenvalue weighted by atomic mass is 9.75. The molecule has 0 amide bonds. The Morgan fingerprint density at radius 1 is 1.31 bits per heavy atom. The highest BCUT2D eigenvalue weighted by Crippen LogP contribution is 2.35. The van der Waals surface area contributed by atoms with Gasteiger partial charge in [0.15, 0.2) is 0 Å². The van der Waals surface area contributed by atoms with E-state index in [1.54, 1.807) is 0 Å². The largest absolute Gasteiger partial charge is 0.351 e. The molecule has 2 rings (SSSR count). The van der Waals surface area contributed by atoms with Crippen LogP contribution in [0.2, 0.25) is 0 Å². The molecule has 3 nitrogen and oxygen atoms in total. The third-order valence-electron chi connectivity index (χ3n) is 3.32. The standard InChI is InChI=1S/C13H21N3/c1-10-8-14-12(15-9-10)16-11-5-4-6-13(2,3)7-11/h8-9,11H,4-7H2,1-3H3,(H,14,15,16). The molecule has 1 aliphatic rings. The molecule has 1 atom stereocenters. The molecule has 1 aromatic heterocycles. The van der Waals surface area contributed by atoms with Gasteiger partial charge in [-0.1, -0.05) is 20.3 Å². The van der Waals surface area contributed by atoms with Crippen LogP contribution in [0.15, 0.2) is 12.4 Å². The van der Waals surface area contributed by atoms with Gasteiger partial charge in [0.1, 0.15) is 0 Å². The van der Waals surface area contributed by atoms with Crippen molar-refractivity contribution in [3.05, 3.63) is 18.0 Å². The van der Waals surface area contributed by atoms with Gasteiger partial charge in [-0.05, 0) is 37.2 Å². The summed E-state index contributed by atoms with van der Waals surface area (Å²) in [5.41, 5.74) is 1.56. The number of hydrogen-bond acceptors (Lipinski definition) is 3. The van der Waals surface area contributed by atoms with Crippen molar-refractivity contribution in [2.45, 2.75) is 52.5 Å². The summed E-state index contributed by atoms with van der Waals surface area (Å²) in [6.07, 6.45) is 8.81. The summed E-state index contributed by atoms with van der Waals surface area (Å²) in [6, 6.07) is 0.534. The van der Waals surface area contributed by atoms with Crippen LogP contribution in [0.25, 0.3) is 0 Å². The van der Waals surface area contributed by atoms with E-state index in [4.69, 9.17) is 0 Å². The minimum atomic E-state index is 0.459. The van der Waals surface area contributed by atoms with Gasteiger partial charge in [-0.2, -0.15) is 0 Å². The Bertz CT molecular complexity index is 343. The molecule has 1 N–H and O–H groups in total. The monoisotopic (exact) mass is 219 g/mol. The van der Waals surface area contributed by atoms with Gasteiger partial charge in [-0.15, -0.1) is 0 Å². The van der Waals surface area contributed by atoms with Crippen LogP contribution in [0, 0.1) is 12.3 Å². The van der Waals surface area contributed by atoms with Crippen molar-refractivity contribution in [3.63, 3.8) is 0 Å². The second-order valence-electron chi connectivity index (χ2n) is 5.69. The number of aryl methyl sites for hydroxylation is 1. The van der Waals surface area contributed by atoms with Gasteiger partial charge in [-0.25, -0.2) is 9.97 Å². The van der Waals surface area contributed by atoms with E-state index in [9.17, 15) is 0 Å². The van der Waals surface area contributed by atoms with E-state index < -0.39 is 0 Å². The zero-order valence-electron chi connectivity index (χ0n) is 10.5. The van der Waals surface area contributed by atoms with E-state index in [-0.39, 0.29) is 0 Å². The molecule has 3 heteroatoms. The quantitative estimate of drug-likeness (QED) is 0.830. The molecule has 0 saturated heterocycles. The van der Waals surface area contributed by atoms with Crippen molar-refractivity contribution < 1.29 is 0 Å². The van der Waals surface area contributed by atoms with Crippen LogP contribution < -0.4 is 5.32 Å². The fourth-order valence-electron chi connectivity index (χ4n) is 2.47. The molecule has 0 bridgehead atoms. The lowest BCUT2D eigenvalue weighted by molar-refractivity contribution is 0.229. The molecule has 0 aromatic carbocycles. The minimum Gasteiger partial charge on any atom is -0.351 e. The molecule has 0 spiro atoms. The van der Waals surface area contributed by atoms with Crippen molar-refractivity contribution in [1.29, 1.82) is 0 Å². The first kappa shape index (κ1) is 11.4. The second-order valence-corrected chi connectivity index (χ2v) is 5.69. The highest BCUT2D eigenvalue weighted by molar-refractivity contribution is 5.26. The molecule has 0 aliphatic heterocycles. The Balaban J connectivity index is 1.97. The number of aromatic nitrogens is 2.